The molecule has 21 heavy (non-hydrogen) atoms. The summed E-state index contributed by atoms with van der Waals surface area (Å²) in [4.78, 5) is 11.9. The highest BCUT2D eigenvalue weighted by molar-refractivity contribution is 7.89. The van der Waals surface area contributed by atoms with E-state index in [1.54, 1.807) is 0 Å². The fourth-order valence-electron chi connectivity index (χ4n) is 4.96. The second-order valence-electron chi connectivity index (χ2n) is 6.98. The zero-order valence-corrected chi connectivity index (χ0v) is 12.9. The van der Waals surface area contributed by atoms with Crippen molar-refractivity contribution in [1.29, 1.82) is 0 Å². The largest absolute Gasteiger partial charge is 0.337 e. The summed E-state index contributed by atoms with van der Waals surface area (Å²) in [6.45, 7) is 1.36. The molecule has 0 aromatic heterocycles. The van der Waals surface area contributed by atoms with Crippen LogP contribution in [0.3, 0.4) is 0 Å². The van der Waals surface area contributed by atoms with Crippen molar-refractivity contribution in [2.24, 2.45) is 23.7 Å². The van der Waals surface area contributed by atoms with Crippen LogP contribution in [0.25, 0.3) is 0 Å². The molecule has 4 fully saturated rings. The molecule has 1 saturated heterocycles. The second-order valence-corrected chi connectivity index (χ2v) is 9.07. The van der Waals surface area contributed by atoms with Crippen molar-refractivity contribution in [3.8, 4) is 0 Å². The van der Waals surface area contributed by atoms with E-state index in [0.29, 0.717) is 32.1 Å². The Hall–Kier alpha value is -0.820. The molecule has 7 heteroatoms. The van der Waals surface area contributed by atoms with Gasteiger partial charge in [-0.15, -0.1) is 0 Å². The van der Waals surface area contributed by atoms with Gasteiger partial charge in [-0.05, 0) is 49.4 Å². The van der Waals surface area contributed by atoms with Gasteiger partial charge < -0.3 is 10.6 Å². The minimum absolute atomic E-state index is 0.134. The minimum Gasteiger partial charge on any atom is -0.337 e. The molecule has 1 heterocycles. The van der Waals surface area contributed by atoms with E-state index in [-0.39, 0.29) is 11.8 Å². The zero-order chi connectivity index (χ0) is 14.6. The van der Waals surface area contributed by atoms with Crippen LogP contribution in [0.2, 0.25) is 0 Å². The Labute approximate surface area is 125 Å². The number of nitrogens with zero attached hydrogens (tertiary/aromatic N) is 1. The Morgan fingerprint density at radius 2 is 1.90 bits per heavy atom. The number of urea groups is 1. The van der Waals surface area contributed by atoms with E-state index >= 15 is 0 Å². The molecular weight excluding hydrogens is 290 g/mol. The molecule has 4 aliphatic rings. The molecule has 0 radical (unpaired) electrons. The summed E-state index contributed by atoms with van der Waals surface area (Å²) in [7, 11) is -3.05. The van der Waals surface area contributed by atoms with E-state index in [0.717, 1.165) is 23.7 Å². The smallest absolute Gasteiger partial charge is 0.315 e. The Morgan fingerprint density at radius 1 is 1.19 bits per heavy atom. The van der Waals surface area contributed by atoms with Crippen LogP contribution in [0.15, 0.2) is 0 Å². The van der Waals surface area contributed by atoms with Gasteiger partial charge in [0.1, 0.15) is 0 Å². The Kier molecular flexibility index (Phi) is 3.19. The summed E-state index contributed by atoms with van der Waals surface area (Å²) in [5.41, 5.74) is 0. The number of nitrogens with one attached hydrogen (secondary N) is 2. The normalized spacial score (nSPS) is 42.8. The van der Waals surface area contributed by atoms with Crippen LogP contribution in [0.1, 0.15) is 25.7 Å². The van der Waals surface area contributed by atoms with Crippen molar-refractivity contribution in [3.05, 3.63) is 0 Å². The van der Waals surface area contributed by atoms with Crippen molar-refractivity contribution >= 4 is 16.1 Å². The molecule has 2 amide bonds. The van der Waals surface area contributed by atoms with Gasteiger partial charge in [-0.2, -0.15) is 0 Å². The van der Waals surface area contributed by atoms with E-state index < -0.39 is 10.0 Å². The van der Waals surface area contributed by atoms with E-state index in [1.807, 2.05) is 0 Å². The highest BCUT2D eigenvalue weighted by atomic mass is 32.2. The summed E-state index contributed by atoms with van der Waals surface area (Å²) in [5.74, 6) is 3.40. The fourth-order valence-corrected chi connectivity index (χ4v) is 6.49. The Morgan fingerprint density at radius 3 is 2.52 bits per heavy atom. The number of sulfonamides is 1. The van der Waals surface area contributed by atoms with E-state index in [9.17, 15) is 13.2 Å². The van der Waals surface area contributed by atoms with Crippen LogP contribution in [0.4, 0.5) is 4.79 Å². The van der Waals surface area contributed by atoms with Gasteiger partial charge in [0.2, 0.25) is 10.0 Å². The molecule has 1 aliphatic heterocycles. The lowest BCUT2D eigenvalue weighted by molar-refractivity contribution is 0.237. The maximum atomic E-state index is 11.9. The average Bonchev–Trinajstić information content (AvgIpc) is 2.80. The van der Waals surface area contributed by atoms with E-state index in [2.05, 4.69) is 10.6 Å². The number of carbonyl (C=O) groups excluding carboxylic acids is 1. The van der Waals surface area contributed by atoms with Crippen LogP contribution in [0.5, 0.6) is 0 Å². The number of carbonyl (C=O) groups is 1. The zero-order valence-electron chi connectivity index (χ0n) is 12.1. The molecule has 0 aromatic rings. The van der Waals surface area contributed by atoms with Crippen molar-refractivity contribution in [2.45, 2.75) is 31.7 Å². The predicted octanol–water partition coefficient (Wildman–Crippen LogP) is 0.366. The van der Waals surface area contributed by atoms with Gasteiger partial charge in [-0.1, -0.05) is 0 Å². The first kappa shape index (κ1) is 13.8. The van der Waals surface area contributed by atoms with Gasteiger partial charge >= 0.3 is 6.03 Å². The van der Waals surface area contributed by atoms with E-state index in [4.69, 9.17) is 0 Å². The third kappa shape index (κ3) is 2.34. The maximum absolute atomic E-state index is 11.9. The molecule has 5 atom stereocenters. The highest BCUT2D eigenvalue weighted by Gasteiger charge is 2.65. The SMILES string of the molecule is O=C(NCCN1CCCS1(=O)=O)NC1[C@@H]2[C@H]3CC[C@@H](C3)[C@H]12. The van der Waals surface area contributed by atoms with Gasteiger partial charge in [0.25, 0.3) is 0 Å². The van der Waals surface area contributed by atoms with Gasteiger partial charge in [0.15, 0.2) is 0 Å². The van der Waals surface area contributed by atoms with Crippen LogP contribution >= 0.6 is 0 Å². The van der Waals surface area contributed by atoms with Crippen LogP contribution in [-0.4, -0.2) is 50.2 Å². The monoisotopic (exact) mass is 313 g/mol. The van der Waals surface area contributed by atoms with Gasteiger partial charge in [0.05, 0.1) is 5.75 Å². The topological polar surface area (TPSA) is 78.5 Å². The Bertz CT molecular complexity index is 534. The van der Waals surface area contributed by atoms with Crippen molar-refractivity contribution in [2.75, 3.05) is 25.4 Å². The second kappa shape index (κ2) is 4.84. The number of rotatable bonds is 4. The minimum atomic E-state index is -3.05. The summed E-state index contributed by atoms with van der Waals surface area (Å²) in [5, 5.41) is 5.89. The molecule has 2 N–H and O–H groups in total. The lowest BCUT2D eigenvalue weighted by atomic mass is 10.0. The number of hydrogen-bond acceptors (Lipinski definition) is 3. The molecule has 0 aromatic carbocycles. The molecular formula is C14H23N3O3S. The summed E-state index contributed by atoms with van der Waals surface area (Å²) < 4.78 is 24.7. The summed E-state index contributed by atoms with van der Waals surface area (Å²) in [6.07, 6.45) is 4.77. The molecule has 118 valence electrons. The number of hydrogen-bond donors (Lipinski definition) is 2. The maximum Gasteiger partial charge on any atom is 0.315 e. The van der Waals surface area contributed by atoms with Crippen molar-refractivity contribution in [3.63, 3.8) is 0 Å². The summed E-state index contributed by atoms with van der Waals surface area (Å²) in [6, 6.07) is 0.247. The molecule has 1 unspecified atom stereocenters. The molecule has 2 bridgehead atoms. The first-order chi connectivity index (χ1) is 10.1. The Balaban J connectivity index is 1.20. The third-order valence-corrected chi connectivity index (χ3v) is 7.84. The van der Waals surface area contributed by atoms with E-state index in [1.165, 1.54) is 23.6 Å². The number of amides is 2. The van der Waals surface area contributed by atoms with Gasteiger partial charge in [0, 0.05) is 25.7 Å². The molecule has 3 saturated carbocycles. The standard InChI is InChI=1S/C14H23N3O3S/c18-14(15-4-6-17-5-1-7-21(17,19)20)16-13-11-9-2-3-10(8-9)12(11)13/h9-13H,1-8H2,(H2,15,16,18)/t9-,10-,11-,12+,13?/m0/s1. The van der Waals surface area contributed by atoms with Crippen LogP contribution < -0.4 is 10.6 Å². The molecule has 0 spiro atoms. The first-order valence-corrected chi connectivity index (χ1v) is 9.69. The average molecular weight is 313 g/mol. The van der Waals surface area contributed by atoms with Crippen LogP contribution in [-0.2, 0) is 10.0 Å². The highest BCUT2D eigenvalue weighted by Crippen LogP contribution is 2.65. The molecule has 6 nitrogen and oxygen atoms in total. The lowest BCUT2D eigenvalue weighted by Gasteiger charge is -2.15. The fraction of sp³-hybridized carbons (Fsp3) is 0.929. The summed E-state index contributed by atoms with van der Waals surface area (Å²) >= 11 is 0. The van der Waals surface area contributed by atoms with Gasteiger partial charge in [-0.25, -0.2) is 17.5 Å². The van der Waals surface area contributed by atoms with Crippen LogP contribution in [0, 0.1) is 23.7 Å². The van der Waals surface area contributed by atoms with Gasteiger partial charge in [-0.3, -0.25) is 0 Å². The number of fused-ring (bicyclic) bond motifs is 5. The third-order valence-electron chi connectivity index (χ3n) is 5.88. The molecule has 4 rings (SSSR count). The predicted molar refractivity (Wildman–Crippen MR) is 78.1 cm³/mol. The van der Waals surface area contributed by atoms with Crippen molar-refractivity contribution in [1.82, 2.24) is 14.9 Å². The molecule has 3 aliphatic carbocycles. The van der Waals surface area contributed by atoms with Crippen molar-refractivity contribution < 1.29 is 13.2 Å². The quantitative estimate of drug-likeness (QED) is 0.787. The first-order valence-electron chi connectivity index (χ1n) is 8.08. The lowest BCUT2D eigenvalue weighted by Crippen LogP contribution is -2.42.